The van der Waals surface area contributed by atoms with Crippen LogP contribution in [0.2, 0.25) is 0 Å². The van der Waals surface area contributed by atoms with Gasteiger partial charge in [0.2, 0.25) is 0 Å². The third-order valence-electron chi connectivity index (χ3n) is 5.09. The van der Waals surface area contributed by atoms with Crippen molar-refractivity contribution in [2.75, 3.05) is 0 Å². The van der Waals surface area contributed by atoms with E-state index in [0.717, 1.165) is 16.7 Å². The predicted molar refractivity (Wildman–Crippen MR) is 129 cm³/mol. The number of nitro benzene ring substituents is 1. The number of carbonyl (C=O) groups excluding carboxylic acids is 2. The van der Waals surface area contributed by atoms with E-state index in [1.54, 1.807) is 54.6 Å². The van der Waals surface area contributed by atoms with Gasteiger partial charge in [0.1, 0.15) is 12.4 Å². The van der Waals surface area contributed by atoms with E-state index in [1.807, 2.05) is 0 Å². The Morgan fingerprint density at radius 1 is 1.03 bits per heavy atom. The summed E-state index contributed by atoms with van der Waals surface area (Å²) in [5.74, 6) is -0.919. The molecule has 0 aromatic heterocycles. The summed E-state index contributed by atoms with van der Waals surface area (Å²) in [5.41, 5.74) is 1.96. The van der Waals surface area contributed by atoms with Gasteiger partial charge in [-0.2, -0.15) is 0 Å². The number of nitro groups is 1. The zero-order valence-corrected chi connectivity index (χ0v) is 18.9. The maximum absolute atomic E-state index is 12.8. The maximum Gasteiger partial charge on any atom is 0.335 e. The Kier molecular flexibility index (Phi) is 6.93. The molecule has 0 radical (unpaired) electrons. The van der Waals surface area contributed by atoms with Gasteiger partial charge >= 0.3 is 5.97 Å². The minimum absolute atomic E-state index is 0.0560. The number of carboxylic acids is 1. The zero-order valence-electron chi connectivity index (χ0n) is 18.1. The lowest BCUT2D eigenvalue weighted by atomic mass is 10.1. The van der Waals surface area contributed by atoms with Crippen molar-refractivity contribution in [1.29, 1.82) is 0 Å². The van der Waals surface area contributed by atoms with Crippen LogP contribution >= 0.6 is 11.8 Å². The van der Waals surface area contributed by atoms with E-state index in [4.69, 9.17) is 9.84 Å². The van der Waals surface area contributed by atoms with Gasteiger partial charge in [0.15, 0.2) is 0 Å². The number of ether oxygens (including phenoxy) is 1. The second-order valence-electron chi connectivity index (χ2n) is 7.56. The second kappa shape index (κ2) is 10.2. The molecule has 1 fully saturated rings. The lowest BCUT2D eigenvalue weighted by Gasteiger charge is -2.12. The summed E-state index contributed by atoms with van der Waals surface area (Å²) in [4.78, 5) is 48.0. The molecule has 4 rings (SSSR count). The molecule has 176 valence electrons. The molecule has 1 heterocycles. The van der Waals surface area contributed by atoms with Gasteiger partial charge in [-0.15, -0.1) is 0 Å². The van der Waals surface area contributed by atoms with Crippen molar-refractivity contribution >= 4 is 40.6 Å². The van der Waals surface area contributed by atoms with Crippen molar-refractivity contribution in [2.45, 2.75) is 13.2 Å². The number of hydrogen-bond acceptors (Lipinski definition) is 7. The molecule has 1 aliphatic rings. The molecule has 3 aromatic carbocycles. The van der Waals surface area contributed by atoms with E-state index in [1.165, 1.54) is 24.3 Å². The molecule has 1 aliphatic heterocycles. The zero-order chi connectivity index (χ0) is 24.9. The number of nitrogens with zero attached hydrogens (tertiary/aromatic N) is 2. The summed E-state index contributed by atoms with van der Waals surface area (Å²) in [6, 6.07) is 19.2. The average Bonchev–Trinajstić information content (AvgIpc) is 3.11. The number of benzene rings is 3. The van der Waals surface area contributed by atoms with Gasteiger partial charge in [0.25, 0.3) is 16.8 Å². The van der Waals surface area contributed by atoms with E-state index in [9.17, 15) is 24.5 Å². The summed E-state index contributed by atoms with van der Waals surface area (Å²) in [6.45, 7) is 0.135. The molecule has 2 amide bonds. The standard InChI is InChI=1S/C25H18N2O7S/c28-23-22(35-25(31)26(23)14-17-3-2-6-20(12-17)27(32)33)13-16-7-9-21(10-8-16)34-15-18-4-1-5-19(11-18)24(29)30/h1-13H,14-15H2,(H,29,30). The van der Waals surface area contributed by atoms with E-state index in [0.29, 0.717) is 22.4 Å². The largest absolute Gasteiger partial charge is 0.489 e. The van der Waals surface area contributed by atoms with Crippen LogP contribution in [0.25, 0.3) is 6.08 Å². The van der Waals surface area contributed by atoms with Crippen molar-refractivity contribution in [1.82, 2.24) is 4.90 Å². The van der Waals surface area contributed by atoms with Crippen LogP contribution in [0.1, 0.15) is 27.0 Å². The number of thioether (sulfide) groups is 1. The molecule has 10 heteroatoms. The first kappa shape index (κ1) is 23.7. The molecule has 1 saturated heterocycles. The van der Waals surface area contributed by atoms with Gasteiger partial charge in [-0.3, -0.25) is 24.6 Å². The molecule has 0 spiro atoms. The number of rotatable bonds is 8. The Morgan fingerprint density at radius 2 is 1.74 bits per heavy atom. The van der Waals surface area contributed by atoms with Crippen LogP contribution < -0.4 is 4.74 Å². The normalized spacial score (nSPS) is 14.4. The highest BCUT2D eigenvalue weighted by Gasteiger charge is 2.35. The van der Waals surface area contributed by atoms with Crippen LogP contribution in [-0.2, 0) is 17.9 Å². The molecule has 35 heavy (non-hydrogen) atoms. The van der Waals surface area contributed by atoms with Gasteiger partial charge in [-0.05, 0) is 58.8 Å². The lowest BCUT2D eigenvalue weighted by Crippen LogP contribution is -2.27. The number of hydrogen-bond donors (Lipinski definition) is 1. The molecule has 0 saturated carbocycles. The Morgan fingerprint density at radius 3 is 2.46 bits per heavy atom. The number of carbonyl (C=O) groups is 3. The lowest BCUT2D eigenvalue weighted by molar-refractivity contribution is -0.384. The fraction of sp³-hybridized carbons (Fsp3) is 0.0800. The first-order chi connectivity index (χ1) is 16.8. The Bertz CT molecular complexity index is 1350. The van der Waals surface area contributed by atoms with Crippen molar-refractivity contribution in [3.05, 3.63) is 110 Å². The maximum atomic E-state index is 12.8. The quantitative estimate of drug-likeness (QED) is 0.262. The van der Waals surface area contributed by atoms with E-state index >= 15 is 0 Å². The highest BCUT2D eigenvalue weighted by atomic mass is 32.2. The van der Waals surface area contributed by atoms with Crippen LogP contribution in [0, 0.1) is 10.1 Å². The molecular formula is C25H18N2O7S. The topological polar surface area (TPSA) is 127 Å². The van der Waals surface area contributed by atoms with Crippen LogP contribution in [0.3, 0.4) is 0 Å². The van der Waals surface area contributed by atoms with Gasteiger partial charge in [0.05, 0.1) is 21.9 Å². The molecular weight excluding hydrogens is 472 g/mol. The molecule has 1 N–H and O–H groups in total. The van der Waals surface area contributed by atoms with Crippen molar-refractivity contribution in [3.63, 3.8) is 0 Å². The average molecular weight is 490 g/mol. The summed E-state index contributed by atoms with van der Waals surface area (Å²) in [7, 11) is 0. The summed E-state index contributed by atoms with van der Waals surface area (Å²) in [5, 5.41) is 19.6. The number of aromatic carboxylic acids is 1. The summed E-state index contributed by atoms with van der Waals surface area (Å²) in [6.07, 6.45) is 1.60. The number of carboxylic acid groups (broad SMARTS) is 1. The third-order valence-corrected chi connectivity index (χ3v) is 6.00. The Labute approximate surface area is 203 Å². The Hall–Kier alpha value is -4.44. The van der Waals surface area contributed by atoms with Gasteiger partial charge in [-0.25, -0.2) is 4.79 Å². The predicted octanol–water partition coefficient (Wildman–Crippen LogP) is 5.11. The van der Waals surface area contributed by atoms with Crippen LogP contribution in [-0.4, -0.2) is 32.0 Å². The minimum Gasteiger partial charge on any atom is -0.489 e. The molecule has 0 aliphatic carbocycles. The third kappa shape index (κ3) is 5.74. The van der Waals surface area contributed by atoms with E-state index in [2.05, 4.69) is 0 Å². The molecule has 0 bridgehead atoms. The van der Waals surface area contributed by atoms with Gasteiger partial charge in [-0.1, -0.05) is 36.4 Å². The monoisotopic (exact) mass is 490 g/mol. The van der Waals surface area contributed by atoms with Crippen LogP contribution in [0.5, 0.6) is 5.75 Å². The van der Waals surface area contributed by atoms with Crippen LogP contribution in [0.4, 0.5) is 10.5 Å². The molecule has 3 aromatic rings. The molecule has 0 atom stereocenters. The fourth-order valence-corrected chi connectivity index (χ4v) is 4.20. The first-order valence-electron chi connectivity index (χ1n) is 10.3. The summed E-state index contributed by atoms with van der Waals surface area (Å²) >= 11 is 0.807. The van der Waals surface area contributed by atoms with Crippen molar-refractivity contribution in [2.24, 2.45) is 0 Å². The smallest absolute Gasteiger partial charge is 0.335 e. The van der Waals surface area contributed by atoms with E-state index in [-0.39, 0.29) is 29.3 Å². The summed E-state index contributed by atoms with van der Waals surface area (Å²) < 4.78 is 5.70. The van der Waals surface area contributed by atoms with Gasteiger partial charge < -0.3 is 9.84 Å². The minimum atomic E-state index is -1.01. The molecule has 9 nitrogen and oxygen atoms in total. The first-order valence-corrected chi connectivity index (χ1v) is 11.2. The number of amides is 2. The molecule has 0 unspecified atom stereocenters. The van der Waals surface area contributed by atoms with Crippen LogP contribution in [0.15, 0.2) is 77.7 Å². The van der Waals surface area contributed by atoms with E-state index < -0.39 is 22.0 Å². The fourth-order valence-electron chi connectivity index (χ4n) is 3.36. The van der Waals surface area contributed by atoms with Crippen molar-refractivity contribution < 1.29 is 29.2 Å². The Balaban J connectivity index is 1.40. The van der Waals surface area contributed by atoms with Gasteiger partial charge in [0, 0.05) is 12.1 Å². The highest BCUT2D eigenvalue weighted by Crippen LogP contribution is 2.33. The van der Waals surface area contributed by atoms with Crippen molar-refractivity contribution in [3.8, 4) is 5.75 Å². The number of imide groups is 1. The SMILES string of the molecule is O=C(O)c1cccc(COc2ccc(C=C3SC(=O)N(Cc4cccc([N+](=O)[O-])c4)C3=O)cc2)c1. The highest BCUT2D eigenvalue weighted by molar-refractivity contribution is 8.18. The number of non-ortho nitro benzene ring substituents is 1. The second-order valence-corrected chi connectivity index (χ2v) is 8.55.